The molecule has 0 aliphatic rings. The zero-order valence-electron chi connectivity index (χ0n) is 15.7. The summed E-state index contributed by atoms with van der Waals surface area (Å²) >= 11 is 0. The van der Waals surface area contributed by atoms with Crippen molar-refractivity contribution in [2.75, 3.05) is 5.32 Å². The van der Waals surface area contributed by atoms with Crippen LogP contribution in [0.25, 0.3) is 0 Å². The molecule has 2 aromatic carbocycles. The largest absolute Gasteiger partial charge is 0.480 e. The molecule has 3 aromatic rings. The number of rotatable bonds is 8. The minimum Gasteiger partial charge on any atom is -0.480 e. The first-order valence-corrected chi connectivity index (χ1v) is 10.4. The van der Waals surface area contributed by atoms with Crippen molar-refractivity contribution in [1.82, 2.24) is 9.71 Å². The van der Waals surface area contributed by atoms with E-state index in [1.165, 1.54) is 30.5 Å². The Bertz CT molecular complexity index is 1120. The molecule has 1 aromatic heterocycles. The highest BCUT2D eigenvalue weighted by Gasteiger charge is 2.25. The number of anilines is 1. The Morgan fingerprint density at radius 2 is 1.67 bits per heavy atom. The number of aromatic nitrogens is 1. The molecular weight excluding hydrogens is 406 g/mol. The minimum absolute atomic E-state index is 0.0480. The summed E-state index contributed by atoms with van der Waals surface area (Å²) in [5.41, 5.74) is 1.47. The summed E-state index contributed by atoms with van der Waals surface area (Å²) in [5, 5.41) is 12.1. The fourth-order valence-electron chi connectivity index (χ4n) is 2.70. The Morgan fingerprint density at radius 1 is 0.967 bits per heavy atom. The number of nitrogens with zero attached hydrogens (tertiary/aromatic N) is 1. The molecule has 30 heavy (non-hydrogen) atoms. The van der Waals surface area contributed by atoms with Crippen LogP contribution >= 0.6 is 0 Å². The van der Waals surface area contributed by atoms with Gasteiger partial charge in [0.15, 0.2) is 0 Å². The molecule has 1 heterocycles. The van der Waals surface area contributed by atoms with Crippen LogP contribution in [-0.4, -0.2) is 36.4 Å². The fraction of sp³-hybridized carbons (Fsp3) is 0.0952. The van der Waals surface area contributed by atoms with Crippen LogP contribution in [0.4, 0.5) is 5.69 Å². The Morgan fingerprint density at radius 3 is 2.27 bits per heavy atom. The number of carboxylic acid groups (broad SMARTS) is 1. The van der Waals surface area contributed by atoms with Crippen LogP contribution in [0.15, 0.2) is 84.0 Å². The number of pyridine rings is 1. The number of nitrogens with one attached hydrogen (secondary N) is 2. The quantitative estimate of drug-likeness (QED) is 0.509. The Hall–Kier alpha value is -3.56. The SMILES string of the molecule is O=C(Nc1ccc(S(=O)(=O)NC(Cc2cccnc2)C(=O)O)cc1)c1ccccc1. The number of hydrogen-bond acceptors (Lipinski definition) is 5. The summed E-state index contributed by atoms with van der Waals surface area (Å²) in [5.74, 6) is -1.62. The Labute approximate surface area is 173 Å². The molecule has 8 nitrogen and oxygen atoms in total. The first-order valence-electron chi connectivity index (χ1n) is 8.96. The number of benzene rings is 2. The van der Waals surface area contributed by atoms with E-state index in [1.54, 1.807) is 48.7 Å². The van der Waals surface area contributed by atoms with Crippen molar-refractivity contribution in [2.24, 2.45) is 0 Å². The average Bonchev–Trinajstić information content (AvgIpc) is 2.75. The summed E-state index contributed by atoms with van der Waals surface area (Å²) < 4.78 is 27.4. The summed E-state index contributed by atoms with van der Waals surface area (Å²) in [6, 6.07) is 16.0. The molecule has 0 saturated heterocycles. The molecule has 1 amide bonds. The Balaban J connectivity index is 1.70. The third kappa shape index (κ3) is 5.49. The van der Waals surface area contributed by atoms with Gasteiger partial charge in [0.2, 0.25) is 10.0 Å². The van der Waals surface area contributed by atoms with Crippen LogP contribution in [0.1, 0.15) is 15.9 Å². The van der Waals surface area contributed by atoms with Crippen LogP contribution in [0.2, 0.25) is 0 Å². The van der Waals surface area contributed by atoms with E-state index in [2.05, 4.69) is 15.0 Å². The standard InChI is InChI=1S/C21H19N3O5S/c25-20(16-6-2-1-3-7-16)23-17-8-10-18(11-9-17)30(28,29)24-19(21(26)27)13-15-5-4-12-22-14-15/h1-12,14,19,24H,13H2,(H,23,25)(H,26,27). The highest BCUT2D eigenvalue weighted by atomic mass is 32.2. The summed E-state index contributed by atoms with van der Waals surface area (Å²) in [4.78, 5) is 27.5. The van der Waals surface area contributed by atoms with E-state index in [0.29, 0.717) is 16.8 Å². The van der Waals surface area contributed by atoms with Gasteiger partial charge in [0.25, 0.3) is 5.91 Å². The topological polar surface area (TPSA) is 125 Å². The normalized spacial score (nSPS) is 12.1. The number of sulfonamides is 1. The second-order valence-corrected chi connectivity index (χ2v) is 8.14. The van der Waals surface area contributed by atoms with Gasteiger partial charge in [0.05, 0.1) is 4.90 Å². The van der Waals surface area contributed by atoms with Crippen molar-refractivity contribution in [3.63, 3.8) is 0 Å². The lowest BCUT2D eigenvalue weighted by Gasteiger charge is -2.15. The van der Waals surface area contributed by atoms with Crippen LogP contribution in [0, 0.1) is 0 Å². The highest BCUT2D eigenvalue weighted by Crippen LogP contribution is 2.16. The summed E-state index contributed by atoms with van der Waals surface area (Å²) in [7, 11) is -4.09. The molecular formula is C21H19N3O5S. The third-order valence-corrected chi connectivity index (χ3v) is 5.70. The number of carbonyl (C=O) groups excluding carboxylic acids is 1. The molecule has 9 heteroatoms. The number of aliphatic carboxylic acids is 1. The lowest BCUT2D eigenvalue weighted by molar-refractivity contribution is -0.138. The molecule has 0 aliphatic carbocycles. The molecule has 1 unspecified atom stereocenters. The van der Waals surface area contributed by atoms with E-state index in [9.17, 15) is 23.1 Å². The maximum atomic E-state index is 12.6. The zero-order valence-corrected chi connectivity index (χ0v) is 16.5. The molecule has 3 rings (SSSR count). The maximum Gasteiger partial charge on any atom is 0.322 e. The lowest BCUT2D eigenvalue weighted by Crippen LogP contribution is -2.42. The van der Waals surface area contributed by atoms with Crippen molar-refractivity contribution >= 4 is 27.6 Å². The predicted molar refractivity (Wildman–Crippen MR) is 111 cm³/mol. The smallest absolute Gasteiger partial charge is 0.322 e. The lowest BCUT2D eigenvalue weighted by atomic mass is 10.1. The van der Waals surface area contributed by atoms with Gasteiger partial charge in [-0.15, -0.1) is 0 Å². The number of amides is 1. The van der Waals surface area contributed by atoms with Crippen LogP contribution < -0.4 is 10.0 Å². The second kappa shape index (κ2) is 9.29. The molecule has 1 atom stereocenters. The van der Waals surface area contributed by atoms with E-state index in [0.717, 1.165) is 0 Å². The fourth-order valence-corrected chi connectivity index (χ4v) is 3.89. The number of carboxylic acids is 1. The molecule has 0 bridgehead atoms. The van der Waals surface area contributed by atoms with Crippen molar-refractivity contribution in [1.29, 1.82) is 0 Å². The summed E-state index contributed by atoms with van der Waals surface area (Å²) in [6.07, 6.45) is 2.98. The molecule has 0 saturated carbocycles. The summed E-state index contributed by atoms with van der Waals surface area (Å²) in [6.45, 7) is 0. The first kappa shape index (κ1) is 21.2. The van der Waals surface area contributed by atoms with Crippen molar-refractivity contribution < 1.29 is 23.1 Å². The van der Waals surface area contributed by atoms with E-state index in [4.69, 9.17) is 0 Å². The van der Waals surface area contributed by atoms with Crippen LogP contribution in [0.5, 0.6) is 0 Å². The second-order valence-electron chi connectivity index (χ2n) is 6.42. The van der Waals surface area contributed by atoms with Gasteiger partial charge in [0.1, 0.15) is 6.04 Å². The molecule has 0 spiro atoms. The molecule has 0 fully saturated rings. The first-order chi connectivity index (χ1) is 14.3. The van der Waals surface area contributed by atoms with E-state index < -0.39 is 22.0 Å². The minimum atomic E-state index is -4.09. The third-order valence-electron chi connectivity index (χ3n) is 4.22. The number of carbonyl (C=O) groups is 2. The molecule has 3 N–H and O–H groups in total. The van der Waals surface area contributed by atoms with Gasteiger partial charge in [-0.25, -0.2) is 8.42 Å². The Kier molecular flexibility index (Phi) is 6.55. The van der Waals surface area contributed by atoms with E-state index in [-0.39, 0.29) is 17.2 Å². The molecule has 0 radical (unpaired) electrons. The van der Waals surface area contributed by atoms with Gasteiger partial charge >= 0.3 is 5.97 Å². The highest BCUT2D eigenvalue weighted by molar-refractivity contribution is 7.89. The van der Waals surface area contributed by atoms with Gasteiger partial charge < -0.3 is 10.4 Å². The zero-order chi connectivity index (χ0) is 21.6. The van der Waals surface area contributed by atoms with Crippen LogP contribution in [0.3, 0.4) is 0 Å². The number of hydrogen-bond donors (Lipinski definition) is 3. The van der Waals surface area contributed by atoms with Gasteiger partial charge in [-0.05, 0) is 48.0 Å². The molecule has 0 aliphatic heterocycles. The van der Waals surface area contributed by atoms with Gasteiger partial charge in [-0.3, -0.25) is 14.6 Å². The monoisotopic (exact) mass is 425 g/mol. The van der Waals surface area contributed by atoms with E-state index in [1.807, 2.05) is 0 Å². The van der Waals surface area contributed by atoms with E-state index >= 15 is 0 Å². The maximum absolute atomic E-state index is 12.6. The molecule has 154 valence electrons. The van der Waals surface area contributed by atoms with Crippen molar-refractivity contribution in [3.8, 4) is 0 Å². The van der Waals surface area contributed by atoms with Crippen LogP contribution in [-0.2, 0) is 21.2 Å². The predicted octanol–water partition coefficient (Wildman–Crippen LogP) is 2.31. The van der Waals surface area contributed by atoms with Gasteiger partial charge in [-0.1, -0.05) is 24.3 Å². The van der Waals surface area contributed by atoms with Gasteiger partial charge in [-0.2, -0.15) is 4.72 Å². The van der Waals surface area contributed by atoms with Gasteiger partial charge in [0, 0.05) is 30.1 Å². The average molecular weight is 425 g/mol. The van der Waals surface area contributed by atoms with Crippen molar-refractivity contribution in [2.45, 2.75) is 17.4 Å². The van der Waals surface area contributed by atoms with Crippen molar-refractivity contribution in [3.05, 3.63) is 90.3 Å².